The third-order valence-electron chi connectivity index (χ3n) is 6.23. The van der Waals surface area contributed by atoms with E-state index in [0.717, 1.165) is 38.9 Å². The molecule has 2 N–H and O–H groups in total. The minimum absolute atomic E-state index is 0.0332. The van der Waals surface area contributed by atoms with Crippen LogP contribution in [0.5, 0.6) is 0 Å². The molecule has 1 saturated heterocycles. The zero-order valence-electron chi connectivity index (χ0n) is 16.3. The minimum atomic E-state index is 0.0332. The van der Waals surface area contributed by atoms with Gasteiger partial charge < -0.3 is 15.5 Å². The summed E-state index contributed by atoms with van der Waals surface area (Å²) in [5.74, 6) is 1.17. The number of carbonyl (C=O) groups excluding carboxylic acids is 1. The highest BCUT2D eigenvalue weighted by Gasteiger charge is 2.29. The van der Waals surface area contributed by atoms with Gasteiger partial charge in [0.1, 0.15) is 0 Å². The fourth-order valence-corrected chi connectivity index (χ4v) is 4.48. The second-order valence-electron chi connectivity index (χ2n) is 8.25. The van der Waals surface area contributed by atoms with Crippen LogP contribution in [-0.2, 0) is 6.42 Å². The van der Waals surface area contributed by atoms with Gasteiger partial charge in [-0.1, -0.05) is 20.3 Å². The summed E-state index contributed by atoms with van der Waals surface area (Å²) in [7, 11) is 0. The number of urea groups is 1. The van der Waals surface area contributed by atoms with Crippen molar-refractivity contribution in [2.75, 3.05) is 19.6 Å². The van der Waals surface area contributed by atoms with E-state index in [1.807, 2.05) is 12.4 Å². The maximum atomic E-state index is 12.4. The van der Waals surface area contributed by atoms with Crippen LogP contribution in [-0.4, -0.2) is 47.6 Å². The molecule has 2 atom stereocenters. The van der Waals surface area contributed by atoms with Crippen LogP contribution >= 0.6 is 0 Å². The molecular formula is C21H34N4O. The second kappa shape index (κ2) is 9.36. The highest BCUT2D eigenvalue weighted by molar-refractivity contribution is 5.74. The van der Waals surface area contributed by atoms with Crippen molar-refractivity contribution in [1.29, 1.82) is 0 Å². The fourth-order valence-electron chi connectivity index (χ4n) is 4.48. The van der Waals surface area contributed by atoms with Crippen molar-refractivity contribution in [3.8, 4) is 0 Å². The molecule has 3 rings (SSSR count). The Balaban J connectivity index is 1.36. The first-order valence-corrected chi connectivity index (χ1v) is 10.3. The van der Waals surface area contributed by atoms with Gasteiger partial charge in [-0.3, -0.25) is 4.98 Å². The topological polar surface area (TPSA) is 57.3 Å². The van der Waals surface area contributed by atoms with Crippen molar-refractivity contribution >= 4 is 6.03 Å². The summed E-state index contributed by atoms with van der Waals surface area (Å²) in [5.41, 5.74) is 1.34. The third-order valence-corrected chi connectivity index (χ3v) is 6.23. The zero-order valence-corrected chi connectivity index (χ0v) is 16.3. The molecule has 144 valence electrons. The fraction of sp³-hybridized carbons (Fsp3) is 0.714. The van der Waals surface area contributed by atoms with Gasteiger partial charge in [-0.2, -0.15) is 0 Å². The number of aromatic nitrogens is 1. The minimum Gasteiger partial charge on any atom is -0.335 e. The van der Waals surface area contributed by atoms with Gasteiger partial charge in [0, 0.05) is 44.1 Å². The summed E-state index contributed by atoms with van der Waals surface area (Å²) in [6.45, 7) is 7.74. The average molecular weight is 359 g/mol. The molecule has 1 aliphatic heterocycles. The molecule has 0 bridgehead atoms. The Hall–Kier alpha value is -1.62. The number of carbonyl (C=O) groups is 1. The van der Waals surface area contributed by atoms with E-state index in [1.54, 1.807) is 0 Å². The Morgan fingerprint density at radius 3 is 2.38 bits per heavy atom. The van der Waals surface area contributed by atoms with Crippen LogP contribution in [0.15, 0.2) is 24.5 Å². The highest BCUT2D eigenvalue weighted by Crippen LogP contribution is 2.28. The van der Waals surface area contributed by atoms with E-state index < -0.39 is 0 Å². The first kappa shape index (κ1) is 19.2. The van der Waals surface area contributed by atoms with E-state index in [9.17, 15) is 4.79 Å². The van der Waals surface area contributed by atoms with Crippen molar-refractivity contribution in [2.45, 2.75) is 64.5 Å². The lowest BCUT2D eigenvalue weighted by Gasteiger charge is -2.36. The number of likely N-dealkylation sites (tertiary alicyclic amines) is 1. The molecule has 2 heterocycles. The molecule has 0 radical (unpaired) electrons. The number of piperidine rings is 1. The van der Waals surface area contributed by atoms with E-state index in [4.69, 9.17) is 0 Å². The molecule has 5 heteroatoms. The molecule has 2 aliphatic rings. The summed E-state index contributed by atoms with van der Waals surface area (Å²) in [6, 6.07) is 4.84. The van der Waals surface area contributed by atoms with Crippen molar-refractivity contribution in [3.63, 3.8) is 0 Å². The molecular weight excluding hydrogens is 324 g/mol. The summed E-state index contributed by atoms with van der Waals surface area (Å²) >= 11 is 0. The van der Waals surface area contributed by atoms with Crippen molar-refractivity contribution in [2.24, 2.45) is 11.8 Å². The molecule has 1 aromatic rings. The maximum absolute atomic E-state index is 12.4. The molecule has 0 aromatic carbocycles. The van der Waals surface area contributed by atoms with Crippen LogP contribution in [0.1, 0.15) is 51.5 Å². The van der Waals surface area contributed by atoms with Gasteiger partial charge in [0.25, 0.3) is 0 Å². The Labute approximate surface area is 157 Å². The van der Waals surface area contributed by atoms with E-state index >= 15 is 0 Å². The third kappa shape index (κ3) is 5.44. The van der Waals surface area contributed by atoms with Crippen LogP contribution in [0.4, 0.5) is 4.79 Å². The lowest BCUT2D eigenvalue weighted by Crippen LogP contribution is -2.53. The van der Waals surface area contributed by atoms with Crippen LogP contribution in [0.25, 0.3) is 0 Å². The first-order valence-electron chi connectivity index (χ1n) is 10.3. The predicted molar refractivity (Wildman–Crippen MR) is 105 cm³/mol. The number of nitrogens with zero attached hydrogens (tertiary/aromatic N) is 2. The predicted octanol–water partition coefficient (Wildman–Crippen LogP) is 3.21. The number of rotatable bonds is 5. The maximum Gasteiger partial charge on any atom is 0.315 e. The average Bonchev–Trinajstić information content (AvgIpc) is 2.65. The Bertz CT molecular complexity index is 546. The highest BCUT2D eigenvalue weighted by atomic mass is 16.2. The van der Waals surface area contributed by atoms with Gasteiger partial charge in [-0.25, -0.2) is 4.79 Å². The van der Waals surface area contributed by atoms with E-state index in [-0.39, 0.29) is 6.03 Å². The Kier molecular flexibility index (Phi) is 6.89. The van der Waals surface area contributed by atoms with Crippen LogP contribution in [0.3, 0.4) is 0 Å². The van der Waals surface area contributed by atoms with Crippen molar-refractivity contribution < 1.29 is 4.79 Å². The Morgan fingerprint density at radius 2 is 1.73 bits per heavy atom. The summed E-state index contributed by atoms with van der Waals surface area (Å²) in [4.78, 5) is 19.0. The van der Waals surface area contributed by atoms with Gasteiger partial charge in [0.15, 0.2) is 0 Å². The second-order valence-corrected chi connectivity index (χ2v) is 8.25. The van der Waals surface area contributed by atoms with Crippen molar-refractivity contribution in [3.05, 3.63) is 30.1 Å². The van der Waals surface area contributed by atoms with Crippen LogP contribution in [0.2, 0.25) is 0 Å². The van der Waals surface area contributed by atoms with Gasteiger partial charge in [-0.15, -0.1) is 0 Å². The molecule has 26 heavy (non-hydrogen) atoms. The number of hydrogen-bond donors (Lipinski definition) is 2. The standard InChI is InChI=1S/C21H34N4O/c1-16-4-3-5-17(2)20(16)24-21(26)23-19-9-14-25(15-10-19)13-8-18-6-11-22-12-7-18/h6-7,11-12,16-17,19-20H,3-5,8-10,13-15H2,1-2H3,(H2,23,24,26)/t16-,17-/m1/s1. The van der Waals surface area contributed by atoms with Gasteiger partial charge in [0.2, 0.25) is 0 Å². The van der Waals surface area contributed by atoms with E-state index in [1.165, 1.54) is 24.8 Å². The molecule has 2 amide bonds. The smallest absolute Gasteiger partial charge is 0.315 e. The lowest BCUT2D eigenvalue weighted by atomic mass is 9.79. The molecule has 1 saturated carbocycles. The molecule has 5 nitrogen and oxygen atoms in total. The largest absolute Gasteiger partial charge is 0.335 e. The molecule has 2 fully saturated rings. The quantitative estimate of drug-likeness (QED) is 0.850. The van der Waals surface area contributed by atoms with Gasteiger partial charge in [0.05, 0.1) is 0 Å². The lowest BCUT2D eigenvalue weighted by molar-refractivity contribution is 0.177. The summed E-state index contributed by atoms with van der Waals surface area (Å²) in [5, 5.41) is 6.47. The molecule has 1 aromatic heterocycles. The number of hydrogen-bond acceptors (Lipinski definition) is 3. The monoisotopic (exact) mass is 358 g/mol. The molecule has 0 spiro atoms. The summed E-state index contributed by atoms with van der Waals surface area (Å²) in [6.07, 6.45) is 10.6. The van der Waals surface area contributed by atoms with Gasteiger partial charge >= 0.3 is 6.03 Å². The number of pyridine rings is 1. The normalized spacial score (nSPS) is 25.8. The molecule has 0 unspecified atom stereocenters. The van der Waals surface area contributed by atoms with Crippen LogP contribution < -0.4 is 10.6 Å². The SMILES string of the molecule is C[C@@H]1CCC[C@@H](C)C1NC(=O)NC1CCN(CCc2ccncc2)CC1. The Morgan fingerprint density at radius 1 is 1.08 bits per heavy atom. The van der Waals surface area contributed by atoms with E-state index in [0.29, 0.717) is 23.9 Å². The van der Waals surface area contributed by atoms with Crippen LogP contribution in [0, 0.1) is 11.8 Å². The summed E-state index contributed by atoms with van der Waals surface area (Å²) < 4.78 is 0. The zero-order chi connectivity index (χ0) is 18.4. The van der Waals surface area contributed by atoms with Crippen molar-refractivity contribution in [1.82, 2.24) is 20.5 Å². The number of nitrogens with one attached hydrogen (secondary N) is 2. The molecule has 1 aliphatic carbocycles. The number of amides is 2. The van der Waals surface area contributed by atoms with E-state index in [2.05, 4.69) is 46.5 Å². The van der Waals surface area contributed by atoms with Gasteiger partial charge in [-0.05, 0) is 61.6 Å². The first-order chi connectivity index (χ1) is 12.6.